The average molecular weight is 264 g/mol. The minimum Gasteiger partial charge on any atom is -0.481 e. The normalized spacial score (nSPS) is 17.3. The predicted molar refractivity (Wildman–Crippen MR) is 65.0 cm³/mol. The van der Waals surface area contributed by atoms with Crippen LogP contribution in [0.4, 0.5) is 0 Å². The summed E-state index contributed by atoms with van der Waals surface area (Å²) in [5.74, 6) is -0.0982. The molecule has 2 heterocycles. The third-order valence-corrected chi connectivity index (χ3v) is 4.36. The van der Waals surface area contributed by atoms with Crippen molar-refractivity contribution in [1.82, 2.24) is 20.2 Å². The zero-order chi connectivity index (χ0) is 12.6. The van der Waals surface area contributed by atoms with Gasteiger partial charge in [0.2, 0.25) is 0 Å². The summed E-state index contributed by atoms with van der Waals surface area (Å²) in [7, 11) is 0. The van der Waals surface area contributed by atoms with Crippen LogP contribution >= 0.6 is 11.3 Å². The van der Waals surface area contributed by atoms with Gasteiger partial charge in [-0.15, -0.1) is 16.4 Å². The number of carboxylic acids is 1. The molecule has 7 heteroatoms. The van der Waals surface area contributed by atoms with Gasteiger partial charge >= 0.3 is 5.97 Å². The van der Waals surface area contributed by atoms with Crippen molar-refractivity contribution in [3.63, 3.8) is 0 Å². The van der Waals surface area contributed by atoms with Gasteiger partial charge in [-0.25, -0.2) is 4.68 Å². The lowest BCUT2D eigenvalue weighted by molar-refractivity contribution is -0.156. The average Bonchev–Trinajstić information content (AvgIpc) is 2.93. The van der Waals surface area contributed by atoms with E-state index in [1.165, 1.54) is 0 Å². The molecule has 18 heavy (non-hydrogen) atoms. The lowest BCUT2D eigenvalue weighted by Crippen LogP contribution is -2.42. The van der Waals surface area contributed by atoms with Crippen LogP contribution in [0.15, 0.2) is 17.5 Å². The van der Waals surface area contributed by atoms with Gasteiger partial charge in [0, 0.05) is 0 Å². The lowest BCUT2D eigenvalue weighted by Gasteiger charge is -2.37. The minimum absolute atomic E-state index is 0.350. The highest BCUT2D eigenvalue weighted by Crippen LogP contribution is 2.43. The first-order valence-electron chi connectivity index (χ1n) is 5.75. The van der Waals surface area contributed by atoms with Crippen LogP contribution in [-0.2, 0) is 11.3 Å². The van der Waals surface area contributed by atoms with E-state index in [9.17, 15) is 9.90 Å². The third-order valence-electron chi connectivity index (χ3n) is 3.49. The molecule has 2 aromatic heterocycles. The molecule has 0 bridgehead atoms. The second kappa shape index (κ2) is 4.16. The Morgan fingerprint density at radius 3 is 2.94 bits per heavy atom. The topological polar surface area (TPSA) is 80.9 Å². The van der Waals surface area contributed by atoms with Gasteiger partial charge in [-0.2, -0.15) is 0 Å². The molecular formula is C11H12N4O2S. The number of carboxylic acid groups (broad SMARTS) is 1. The molecule has 0 saturated heterocycles. The highest BCUT2D eigenvalue weighted by molar-refractivity contribution is 7.13. The largest absolute Gasteiger partial charge is 0.481 e. The minimum atomic E-state index is -0.749. The number of thiophene rings is 1. The number of aliphatic carboxylic acids is 1. The molecule has 2 aromatic rings. The molecule has 0 radical (unpaired) electrons. The van der Waals surface area contributed by atoms with Crippen molar-refractivity contribution in [2.75, 3.05) is 0 Å². The van der Waals surface area contributed by atoms with Crippen molar-refractivity contribution in [3.8, 4) is 10.7 Å². The quantitative estimate of drug-likeness (QED) is 0.908. The Hall–Kier alpha value is -1.76. The zero-order valence-electron chi connectivity index (χ0n) is 9.61. The van der Waals surface area contributed by atoms with Crippen LogP contribution in [0.3, 0.4) is 0 Å². The molecule has 1 aliphatic carbocycles. The van der Waals surface area contributed by atoms with Crippen LogP contribution in [0.25, 0.3) is 10.7 Å². The summed E-state index contributed by atoms with van der Waals surface area (Å²) >= 11 is 1.54. The van der Waals surface area contributed by atoms with Crippen molar-refractivity contribution in [2.24, 2.45) is 5.41 Å². The van der Waals surface area contributed by atoms with Crippen LogP contribution in [0.5, 0.6) is 0 Å². The number of tetrazole rings is 1. The maximum atomic E-state index is 11.3. The van der Waals surface area contributed by atoms with Crippen molar-refractivity contribution >= 4 is 17.3 Å². The molecule has 3 rings (SSSR count). The van der Waals surface area contributed by atoms with E-state index < -0.39 is 11.4 Å². The number of hydrogen-bond donors (Lipinski definition) is 1. The molecule has 1 aliphatic rings. The Morgan fingerprint density at radius 1 is 1.56 bits per heavy atom. The first-order chi connectivity index (χ1) is 8.71. The SMILES string of the molecule is O=C(O)C1(Cn2nnnc2-c2cccs2)CCC1. The standard InChI is InChI=1S/C11H12N4O2S/c16-10(17)11(4-2-5-11)7-15-9(12-13-14-15)8-3-1-6-18-8/h1,3,6H,2,4-5,7H2,(H,16,17). The highest BCUT2D eigenvalue weighted by Gasteiger charge is 2.45. The lowest BCUT2D eigenvalue weighted by atomic mass is 9.69. The molecule has 6 nitrogen and oxygen atoms in total. The molecule has 1 N–H and O–H groups in total. The maximum absolute atomic E-state index is 11.3. The molecular weight excluding hydrogens is 252 g/mol. The molecule has 0 aromatic carbocycles. The summed E-state index contributed by atoms with van der Waals surface area (Å²) in [5.41, 5.74) is -0.679. The van der Waals surface area contributed by atoms with E-state index >= 15 is 0 Å². The summed E-state index contributed by atoms with van der Waals surface area (Å²) in [4.78, 5) is 12.3. The van der Waals surface area contributed by atoms with Crippen molar-refractivity contribution < 1.29 is 9.90 Å². The molecule has 94 valence electrons. The zero-order valence-corrected chi connectivity index (χ0v) is 10.4. The fourth-order valence-electron chi connectivity index (χ4n) is 2.22. The van der Waals surface area contributed by atoms with E-state index in [1.807, 2.05) is 17.5 Å². The first-order valence-corrected chi connectivity index (χ1v) is 6.63. The Morgan fingerprint density at radius 2 is 2.39 bits per heavy atom. The Labute approximate surface area is 107 Å². The van der Waals surface area contributed by atoms with Crippen LogP contribution in [0.2, 0.25) is 0 Å². The molecule has 0 spiro atoms. The van der Waals surface area contributed by atoms with Gasteiger partial charge < -0.3 is 5.11 Å². The monoisotopic (exact) mass is 264 g/mol. The summed E-state index contributed by atoms with van der Waals surface area (Å²) < 4.78 is 1.61. The van der Waals surface area contributed by atoms with E-state index in [2.05, 4.69) is 15.5 Å². The fraction of sp³-hybridized carbons (Fsp3) is 0.455. The van der Waals surface area contributed by atoms with Gasteiger partial charge in [-0.1, -0.05) is 12.5 Å². The van der Waals surface area contributed by atoms with E-state index in [0.717, 1.165) is 11.3 Å². The van der Waals surface area contributed by atoms with Crippen molar-refractivity contribution in [3.05, 3.63) is 17.5 Å². The molecule has 1 fully saturated rings. The predicted octanol–water partition coefficient (Wildman–Crippen LogP) is 1.66. The van der Waals surface area contributed by atoms with E-state index in [-0.39, 0.29) is 0 Å². The van der Waals surface area contributed by atoms with Gasteiger partial charge in [0.25, 0.3) is 0 Å². The molecule has 0 atom stereocenters. The van der Waals surface area contributed by atoms with Crippen LogP contribution < -0.4 is 0 Å². The summed E-state index contributed by atoms with van der Waals surface area (Å²) in [6.45, 7) is 0.350. The summed E-state index contributed by atoms with van der Waals surface area (Å²) in [6.07, 6.45) is 2.36. The smallest absolute Gasteiger partial charge is 0.311 e. The van der Waals surface area contributed by atoms with Gasteiger partial charge in [0.05, 0.1) is 16.8 Å². The number of hydrogen-bond acceptors (Lipinski definition) is 5. The molecule has 0 aliphatic heterocycles. The fourth-order valence-corrected chi connectivity index (χ4v) is 2.94. The Bertz CT molecular complexity index is 559. The summed E-state index contributed by atoms with van der Waals surface area (Å²) in [6, 6.07) is 3.86. The highest BCUT2D eigenvalue weighted by atomic mass is 32.1. The summed E-state index contributed by atoms with van der Waals surface area (Å²) in [5, 5.41) is 22.8. The Kier molecular flexibility index (Phi) is 2.62. The second-order valence-corrected chi connectivity index (χ2v) is 5.52. The molecule has 0 amide bonds. The molecule has 0 unspecified atom stereocenters. The van der Waals surface area contributed by atoms with Gasteiger partial charge in [-0.3, -0.25) is 4.79 Å². The van der Waals surface area contributed by atoms with Crippen LogP contribution in [-0.4, -0.2) is 31.3 Å². The van der Waals surface area contributed by atoms with Gasteiger partial charge in [0.1, 0.15) is 0 Å². The van der Waals surface area contributed by atoms with Gasteiger partial charge in [-0.05, 0) is 34.7 Å². The molecule has 1 saturated carbocycles. The maximum Gasteiger partial charge on any atom is 0.311 e. The van der Waals surface area contributed by atoms with Crippen LogP contribution in [0, 0.1) is 5.41 Å². The van der Waals surface area contributed by atoms with E-state index in [0.29, 0.717) is 25.2 Å². The van der Waals surface area contributed by atoms with Gasteiger partial charge in [0.15, 0.2) is 5.82 Å². The second-order valence-electron chi connectivity index (χ2n) is 4.58. The van der Waals surface area contributed by atoms with E-state index in [1.54, 1.807) is 16.0 Å². The number of carbonyl (C=O) groups is 1. The third kappa shape index (κ3) is 1.71. The Balaban J connectivity index is 1.90. The number of nitrogens with zero attached hydrogens (tertiary/aromatic N) is 4. The number of rotatable bonds is 4. The first kappa shape index (κ1) is 11.3. The van der Waals surface area contributed by atoms with Crippen LogP contribution in [0.1, 0.15) is 19.3 Å². The number of aromatic nitrogens is 4. The van der Waals surface area contributed by atoms with Crippen molar-refractivity contribution in [1.29, 1.82) is 0 Å². The van der Waals surface area contributed by atoms with Crippen molar-refractivity contribution in [2.45, 2.75) is 25.8 Å². The van der Waals surface area contributed by atoms with E-state index in [4.69, 9.17) is 0 Å².